The lowest BCUT2D eigenvalue weighted by Crippen LogP contribution is -2.26. The molecule has 172 valence electrons. The molecule has 5 rings (SSSR count). The number of carbonyl (C=O) groups is 1. The number of para-hydroxylation sites is 3. The molecule has 1 aromatic heterocycles. The Labute approximate surface area is 206 Å². The van der Waals surface area contributed by atoms with E-state index < -0.39 is 11.5 Å². The van der Waals surface area contributed by atoms with Crippen LogP contribution >= 0.6 is 12.2 Å². The zero-order chi connectivity index (χ0) is 24.5. The summed E-state index contributed by atoms with van der Waals surface area (Å²) in [5.74, 6) is -0.753. The van der Waals surface area contributed by atoms with Crippen LogP contribution in [-0.4, -0.2) is 25.9 Å². The van der Waals surface area contributed by atoms with E-state index in [0.29, 0.717) is 22.8 Å². The Kier molecular flexibility index (Phi) is 5.72. The average Bonchev–Trinajstić information content (AvgIpc) is 3.16. The second-order valence-electron chi connectivity index (χ2n) is 7.86. The number of amides is 1. The number of hydrogen-bond donors (Lipinski definition) is 1. The third-order valence-corrected chi connectivity index (χ3v) is 6.01. The highest BCUT2D eigenvalue weighted by Gasteiger charge is 2.30. The number of rotatable bonds is 4. The van der Waals surface area contributed by atoms with Gasteiger partial charge in [0.15, 0.2) is 4.77 Å². The molecule has 0 fully saturated rings. The molecule has 1 aliphatic heterocycles. The van der Waals surface area contributed by atoms with E-state index in [1.807, 2.05) is 42.5 Å². The van der Waals surface area contributed by atoms with Crippen LogP contribution in [-0.2, 0) is 4.79 Å². The maximum absolute atomic E-state index is 13.7. The second-order valence-corrected chi connectivity index (χ2v) is 8.23. The molecule has 2 heterocycles. The first kappa shape index (κ1) is 22.2. The number of hydrazone groups is 1. The van der Waals surface area contributed by atoms with E-state index in [1.54, 1.807) is 55.5 Å². The van der Waals surface area contributed by atoms with Crippen molar-refractivity contribution in [3.05, 3.63) is 117 Å². The third-order valence-electron chi connectivity index (χ3n) is 5.65. The topological polar surface area (TPSA) is 79.8 Å². The lowest BCUT2D eigenvalue weighted by atomic mass is 10.1. The first-order valence-corrected chi connectivity index (χ1v) is 11.3. The van der Waals surface area contributed by atoms with Crippen LogP contribution in [0.5, 0.6) is 5.88 Å². The van der Waals surface area contributed by atoms with E-state index in [-0.39, 0.29) is 21.8 Å². The van der Waals surface area contributed by atoms with Crippen LogP contribution in [0, 0.1) is 4.77 Å². The van der Waals surface area contributed by atoms with Crippen molar-refractivity contribution in [2.75, 3.05) is 5.01 Å². The number of carbonyl (C=O) groups excluding carboxylic acids is 1. The minimum atomic E-state index is -0.544. The molecule has 1 aliphatic rings. The number of benzene rings is 3. The molecule has 0 radical (unpaired) electrons. The summed E-state index contributed by atoms with van der Waals surface area (Å²) in [7, 11) is 0. The van der Waals surface area contributed by atoms with Gasteiger partial charge < -0.3 is 5.11 Å². The lowest BCUT2D eigenvalue weighted by Gasteiger charge is -2.17. The molecule has 0 aliphatic carbocycles. The molecule has 0 unspecified atom stereocenters. The fourth-order valence-corrected chi connectivity index (χ4v) is 4.31. The summed E-state index contributed by atoms with van der Waals surface area (Å²) in [5.41, 5.74) is 1.74. The second kappa shape index (κ2) is 9.00. The number of nitrogens with zero attached hydrogens (tertiary/aromatic N) is 4. The zero-order valence-corrected chi connectivity index (χ0v) is 19.5. The van der Waals surface area contributed by atoms with Gasteiger partial charge in [-0.1, -0.05) is 54.6 Å². The molecule has 0 bridgehead atoms. The largest absolute Gasteiger partial charge is 0.494 e. The smallest absolute Gasteiger partial charge is 0.280 e. The molecule has 4 aromatic rings. The number of anilines is 1. The van der Waals surface area contributed by atoms with E-state index in [1.165, 1.54) is 20.2 Å². The summed E-state index contributed by atoms with van der Waals surface area (Å²) in [4.78, 5) is 26.9. The standard InChI is InChI=1S/C27H20N4O3S/c1-18-22(26(34)31(28-18)21-15-9-4-10-16-21)17-23-24(32)29(19-11-5-2-6-12-19)27(35)30(25(23)33)20-13-7-3-8-14-20/h2-17,32H,1H3/b22-17+. The van der Waals surface area contributed by atoms with Gasteiger partial charge >= 0.3 is 0 Å². The highest BCUT2D eigenvalue weighted by molar-refractivity contribution is 7.71. The van der Waals surface area contributed by atoms with Crippen molar-refractivity contribution in [1.29, 1.82) is 0 Å². The average molecular weight is 481 g/mol. The van der Waals surface area contributed by atoms with Crippen molar-refractivity contribution in [1.82, 2.24) is 9.13 Å². The van der Waals surface area contributed by atoms with Crippen LogP contribution in [0.4, 0.5) is 5.69 Å². The summed E-state index contributed by atoms with van der Waals surface area (Å²) in [6.45, 7) is 1.69. The lowest BCUT2D eigenvalue weighted by molar-refractivity contribution is -0.114. The van der Waals surface area contributed by atoms with E-state index >= 15 is 0 Å². The first-order chi connectivity index (χ1) is 17.0. The number of hydrogen-bond acceptors (Lipinski definition) is 5. The predicted octanol–water partition coefficient (Wildman–Crippen LogP) is 4.87. The van der Waals surface area contributed by atoms with E-state index in [4.69, 9.17) is 12.2 Å². The van der Waals surface area contributed by atoms with Gasteiger partial charge in [-0.3, -0.25) is 18.7 Å². The maximum Gasteiger partial charge on any atom is 0.280 e. The molecule has 3 aromatic carbocycles. The van der Waals surface area contributed by atoms with Crippen LogP contribution < -0.4 is 10.6 Å². The summed E-state index contributed by atoms with van der Waals surface area (Å²) < 4.78 is 2.85. The molecule has 1 amide bonds. The summed E-state index contributed by atoms with van der Waals surface area (Å²) in [6, 6.07) is 27.0. The van der Waals surface area contributed by atoms with Gasteiger partial charge in [0.25, 0.3) is 11.5 Å². The maximum atomic E-state index is 13.7. The van der Waals surface area contributed by atoms with Gasteiger partial charge in [-0.25, -0.2) is 0 Å². The Bertz CT molecular complexity index is 1610. The predicted molar refractivity (Wildman–Crippen MR) is 139 cm³/mol. The van der Waals surface area contributed by atoms with Crippen LogP contribution in [0.2, 0.25) is 0 Å². The third kappa shape index (κ3) is 3.89. The van der Waals surface area contributed by atoms with Crippen molar-refractivity contribution in [2.45, 2.75) is 6.92 Å². The van der Waals surface area contributed by atoms with Gasteiger partial charge in [-0.05, 0) is 61.6 Å². The zero-order valence-electron chi connectivity index (χ0n) is 18.7. The minimum absolute atomic E-state index is 0.0703. The minimum Gasteiger partial charge on any atom is -0.494 e. The van der Waals surface area contributed by atoms with Crippen molar-refractivity contribution >= 4 is 35.6 Å². The molecule has 0 saturated carbocycles. The fraction of sp³-hybridized carbons (Fsp3) is 0.0370. The van der Waals surface area contributed by atoms with E-state index in [2.05, 4.69) is 5.10 Å². The monoisotopic (exact) mass is 480 g/mol. The Morgan fingerprint density at radius 1 is 0.771 bits per heavy atom. The highest BCUT2D eigenvalue weighted by atomic mass is 32.1. The molecule has 0 saturated heterocycles. The van der Waals surface area contributed by atoms with Crippen molar-refractivity contribution in [2.24, 2.45) is 5.10 Å². The van der Waals surface area contributed by atoms with Crippen LogP contribution in [0.15, 0.2) is 106 Å². The molecule has 1 N–H and O–H groups in total. The number of aromatic hydroxyl groups is 1. The Hall–Kier alpha value is -4.56. The summed E-state index contributed by atoms with van der Waals surface area (Å²) in [5, 5.41) is 16.9. The summed E-state index contributed by atoms with van der Waals surface area (Å²) in [6.07, 6.45) is 1.38. The van der Waals surface area contributed by atoms with Gasteiger partial charge in [0, 0.05) is 0 Å². The van der Waals surface area contributed by atoms with Crippen LogP contribution in [0.25, 0.3) is 17.5 Å². The molecular formula is C27H20N4O3S. The molecule has 35 heavy (non-hydrogen) atoms. The van der Waals surface area contributed by atoms with Gasteiger partial charge in [-0.2, -0.15) is 10.1 Å². The molecule has 7 nitrogen and oxygen atoms in total. The SMILES string of the molecule is CC1=NN(c2ccccc2)C(=O)/C1=C/c1c(O)n(-c2ccccc2)c(=S)n(-c2ccccc2)c1=O. The summed E-state index contributed by atoms with van der Waals surface area (Å²) >= 11 is 5.65. The normalized spacial score (nSPS) is 14.4. The number of aromatic nitrogens is 2. The molecule has 0 spiro atoms. The molecule has 8 heteroatoms. The quantitative estimate of drug-likeness (QED) is 0.334. The molecule has 0 atom stereocenters. The molecular weight excluding hydrogens is 460 g/mol. The van der Waals surface area contributed by atoms with Gasteiger partial charge in [0.1, 0.15) is 5.56 Å². The highest BCUT2D eigenvalue weighted by Crippen LogP contribution is 2.28. The van der Waals surface area contributed by atoms with Gasteiger partial charge in [0.05, 0.1) is 28.3 Å². The van der Waals surface area contributed by atoms with Gasteiger partial charge in [0.2, 0.25) is 5.88 Å². The van der Waals surface area contributed by atoms with Gasteiger partial charge in [-0.15, -0.1) is 0 Å². The van der Waals surface area contributed by atoms with E-state index in [9.17, 15) is 14.7 Å². The Balaban J connectivity index is 1.75. The van der Waals surface area contributed by atoms with Crippen LogP contribution in [0.1, 0.15) is 12.5 Å². The Morgan fingerprint density at radius 2 is 1.26 bits per heavy atom. The van der Waals surface area contributed by atoms with Crippen LogP contribution in [0.3, 0.4) is 0 Å². The Morgan fingerprint density at radius 3 is 1.80 bits per heavy atom. The van der Waals surface area contributed by atoms with E-state index in [0.717, 1.165) is 0 Å². The van der Waals surface area contributed by atoms with Crippen molar-refractivity contribution < 1.29 is 9.90 Å². The first-order valence-electron chi connectivity index (χ1n) is 10.9. The van der Waals surface area contributed by atoms with Crippen molar-refractivity contribution in [3.63, 3.8) is 0 Å². The van der Waals surface area contributed by atoms with Crippen molar-refractivity contribution in [3.8, 4) is 17.3 Å². The fourth-order valence-electron chi connectivity index (χ4n) is 3.93.